The third kappa shape index (κ3) is 8.32. The van der Waals surface area contributed by atoms with E-state index in [2.05, 4.69) is 13.8 Å². The summed E-state index contributed by atoms with van der Waals surface area (Å²) >= 11 is 0. The number of ketones is 2. The van der Waals surface area contributed by atoms with Gasteiger partial charge in [-0.1, -0.05) is 78.4 Å². The monoisotopic (exact) mass is 744 g/mol. The van der Waals surface area contributed by atoms with Gasteiger partial charge in [0.1, 0.15) is 46.2 Å². The molecule has 3 aromatic carbocycles. The van der Waals surface area contributed by atoms with E-state index in [0.29, 0.717) is 5.69 Å². The van der Waals surface area contributed by atoms with E-state index in [1.807, 2.05) is 13.8 Å². The summed E-state index contributed by atoms with van der Waals surface area (Å²) in [6.07, 6.45) is 11.1. The maximum Gasteiger partial charge on any atom is 0.202 e. The Morgan fingerprint density at radius 2 is 1.19 bits per heavy atom. The van der Waals surface area contributed by atoms with Crippen LogP contribution >= 0.6 is 0 Å². The number of unbranched alkanes of at least 4 members (excludes halogenated alkanes) is 2. The Hall–Kier alpha value is -5.12. The molecule has 2 aliphatic rings. The molecular formula is C44H48F4N2O4. The lowest BCUT2D eigenvalue weighted by Gasteiger charge is -2.32. The number of Topliss-reactive ketones (excluding diaryl/α,β-unsaturated/α-hetero) is 1. The molecule has 2 N–H and O–H groups in total. The number of aliphatic hydroxyl groups excluding tert-OH is 1. The van der Waals surface area contributed by atoms with Crippen LogP contribution in [0.2, 0.25) is 0 Å². The summed E-state index contributed by atoms with van der Waals surface area (Å²) in [6.45, 7) is 8.69. The van der Waals surface area contributed by atoms with E-state index in [0.717, 1.165) is 63.5 Å². The van der Waals surface area contributed by atoms with Crippen molar-refractivity contribution in [1.29, 1.82) is 0 Å². The van der Waals surface area contributed by atoms with E-state index in [-0.39, 0.29) is 64.3 Å². The summed E-state index contributed by atoms with van der Waals surface area (Å²) in [5.74, 6) is -5.13. The van der Waals surface area contributed by atoms with E-state index in [9.17, 15) is 19.8 Å². The van der Waals surface area contributed by atoms with E-state index >= 15 is 17.6 Å². The summed E-state index contributed by atoms with van der Waals surface area (Å²) in [7, 11) is 0. The number of para-hydroxylation sites is 2. The summed E-state index contributed by atoms with van der Waals surface area (Å²) in [5.41, 5.74) is -0.592. The second-order valence-electron chi connectivity index (χ2n) is 14.0. The van der Waals surface area contributed by atoms with Gasteiger partial charge in [-0.3, -0.25) is 9.59 Å². The van der Waals surface area contributed by atoms with Gasteiger partial charge >= 0.3 is 0 Å². The third-order valence-electron chi connectivity index (χ3n) is 10.4. The molecule has 3 aromatic rings. The van der Waals surface area contributed by atoms with Gasteiger partial charge in [-0.15, -0.1) is 0 Å². The van der Waals surface area contributed by atoms with Crippen molar-refractivity contribution in [2.75, 3.05) is 22.9 Å². The van der Waals surface area contributed by atoms with Gasteiger partial charge in [0, 0.05) is 47.8 Å². The number of aromatic hydroxyl groups is 1. The maximum absolute atomic E-state index is 15.1. The molecule has 0 amide bonds. The predicted molar refractivity (Wildman–Crippen MR) is 206 cm³/mol. The number of nitrogens with zero attached hydrogens (tertiary/aromatic N) is 2. The molecule has 2 unspecified atom stereocenters. The van der Waals surface area contributed by atoms with Crippen molar-refractivity contribution in [2.45, 2.75) is 79.1 Å². The highest BCUT2D eigenvalue weighted by Crippen LogP contribution is 2.44. The number of rotatable bonds is 17. The van der Waals surface area contributed by atoms with E-state index in [4.69, 9.17) is 0 Å². The number of halogens is 4. The Morgan fingerprint density at radius 3 is 1.65 bits per heavy atom. The lowest BCUT2D eigenvalue weighted by Crippen LogP contribution is -2.32. The van der Waals surface area contributed by atoms with Crippen LogP contribution in [0.4, 0.5) is 34.6 Å². The van der Waals surface area contributed by atoms with Gasteiger partial charge in [0.15, 0.2) is 5.78 Å². The number of hydrogen-bond donors (Lipinski definition) is 2. The van der Waals surface area contributed by atoms with Crippen molar-refractivity contribution in [3.63, 3.8) is 0 Å². The number of aliphatic hydroxyl groups is 1. The van der Waals surface area contributed by atoms with E-state index in [1.54, 1.807) is 0 Å². The zero-order valence-electron chi connectivity index (χ0n) is 31.3. The molecule has 2 aliphatic carbocycles. The summed E-state index contributed by atoms with van der Waals surface area (Å²) in [5, 5.41) is 22.4. The largest absolute Gasteiger partial charge is 0.507 e. The number of allylic oxidation sites excluding steroid dienone is 6. The Morgan fingerprint density at radius 1 is 0.667 bits per heavy atom. The third-order valence-corrected chi connectivity index (χ3v) is 10.4. The minimum atomic E-state index is -0.778. The molecular weight excluding hydrogens is 696 g/mol. The van der Waals surface area contributed by atoms with Gasteiger partial charge in [0.25, 0.3) is 0 Å². The first kappa shape index (κ1) is 40.1. The number of carbonyl (C=O) groups is 2. The summed E-state index contributed by atoms with van der Waals surface area (Å²) in [6, 6.07) is 11.4. The molecule has 54 heavy (non-hydrogen) atoms. The fraction of sp³-hybridized carbons (Fsp3) is 0.364. The average Bonchev–Trinajstić information content (AvgIpc) is 3.15. The minimum Gasteiger partial charge on any atom is -0.507 e. The Bertz CT molecular complexity index is 1980. The number of hydrogen-bond acceptors (Lipinski definition) is 6. The van der Waals surface area contributed by atoms with Crippen LogP contribution in [-0.4, -0.2) is 34.9 Å². The number of phenols is 1. The van der Waals surface area contributed by atoms with Crippen LogP contribution in [-0.2, 0) is 9.59 Å². The first-order valence-electron chi connectivity index (χ1n) is 18.9. The zero-order valence-corrected chi connectivity index (χ0v) is 31.3. The Kier molecular flexibility index (Phi) is 13.2. The number of phenolic OH excluding ortho intramolecular Hbond substituents is 1. The molecule has 0 radical (unpaired) electrons. The second-order valence-corrected chi connectivity index (χ2v) is 14.0. The van der Waals surface area contributed by atoms with Crippen LogP contribution < -0.4 is 9.80 Å². The van der Waals surface area contributed by atoms with Gasteiger partial charge in [0.05, 0.1) is 11.1 Å². The van der Waals surface area contributed by atoms with Crippen LogP contribution in [0.15, 0.2) is 95.4 Å². The summed E-state index contributed by atoms with van der Waals surface area (Å²) in [4.78, 5) is 30.1. The molecule has 0 heterocycles. The minimum absolute atomic E-state index is 0.0139. The fourth-order valence-corrected chi connectivity index (χ4v) is 7.18. The van der Waals surface area contributed by atoms with Crippen LogP contribution in [0.1, 0.15) is 84.6 Å². The van der Waals surface area contributed by atoms with Crippen molar-refractivity contribution in [2.24, 2.45) is 11.8 Å². The Balaban J connectivity index is 1.47. The fourth-order valence-electron chi connectivity index (χ4n) is 7.18. The molecule has 0 spiro atoms. The van der Waals surface area contributed by atoms with Gasteiger partial charge in [-0.05, 0) is 73.2 Å². The lowest BCUT2D eigenvalue weighted by atomic mass is 9.79. The molecule has 5 rings (SSSR count). The highest BCUT2D eigenvalue weighted by Gasteiger charge is 2.40. The van der Waals surface area contributed by atoms with Crippen molar-refractivity contribution in [1.82, 2.24) is 0 Å². The number of anilines is 3. The standard InChI is InChI=1S/C44H48F4N2O4/c1-5-9-13-27(7-3)25-49(41-33(45)15-11-16-34(41)46)29-19-21-31(37(51)23-29)39-43(53)40(44(39)54)32-22-20-30(24-38(32)52)50(26-28(8-4)14-10-6-2)42-35(47)17-12-18-36(42)48/h11-12,15-24,27-28,51,53H,5-10,13-14,25-26H2,1-4H3/b40-32-. The van der Waals surface area contributed by atoms with Crippen LogP contribution in [0.25, 0.3) is 5.57 Å². The van der Waals surface area contributed by atoms with Gasteiger partial charge < -0.3 is 20.0 Å². The zero-order chi connectivity index (χ0) is 39.1. The van der Waals surface area contributed by atoms with Crippen molar-refractivity contribution in [3.05, 3.63) is 124 Å². The van der Waals surface area contributed by atoms with Crippen molar-refractivity contribution < 1.29 is 37.4 Å². The molecule has 0 saturated carbocycles. The molecule has 0 saturated heterocycles. The van der Waals surface area contributed by atoms with Gasteiger partial charge in [-0.25, -0.2) is 17.6 Å². The highest BCUT2D eigenvalue weighted by atomic mass is 19.1. The first-order chi connectivity index (χ1) is 25.9. The number of benzene rings is 3. The molecule has 286 valence electrons. The van der Waals surface area contributed by atoms with Crippen LogP contribution in [0.5, 0.6) is 5.75 Å². The highest BCUT2D eigenvalue weighted by molar-refractivity contribution is 6.41. The van der Waals surface area contributed by atoms with Gasteiger partial charge in [0.2, 0.25) is 5.78 Å². The Labute approximate surface area is 314 Å². The van der Waals surface area contributed by atoms with Crippen molar-refractivity contribution >= 4 is 34.2 Å². The van der Waals surface area contributed by atoms with Crippen LogP contribution in [0.3, 0.4) is 0 Å². The average molecular weight is 745 g/mol. The molecule has 6 nitrogen and oxygen atoms in total. The quantitative estimate of drug-likeness (QED) is 0.106. The van der Waals surface area contributed by atoms with Crippen molar-refractivity contribution in [3.8, 4) is 5.75 Å². The molecule has 0 fully saturated rings. The second kappa shape index (κ2) is 17.8. The smallest absolute Gasteiger partial charge is 0.202 e. The lowest BCUT2D eigenvalue weighted by molar-refractivity contribution is -0.114. The SMILES string of the molecule is CCCCC(CC)CN(C1=CC(=O)/C(=C2\C(=O)C(c3ccc(N(CC(CC)CCCC)c4c(F)cccc4F)cc3O)=C2O)C=C1)c1c(F)cccc1F. The predicted octanol–water partition coefficient (Wildman–Crippen LogP) is 11.2. The topological polar surface area (TPSA) is 81.1 Å². The molecule has 0 aromatic heterocycles. The first-order valence-corrected chi connectivity index (χ1v) is 18.9. The van der Waals surface area contributed by atoms with E-state index < -0.39 is 46.3 Å². The maximum atomic E-state index is 15.1. The molecule has 0 aliphatic heterocycles. The molecule has 10 heteroatoms. The molecule has 2 atom stereocenters. The van der Waals surface area contributed by atoms with Crippen LogP contribution in [0, 0.1) is 35.1 Å². The molecule has 0 bridgehead atoms. The van der Waals surface area contributed by atoms with E-state index in [1.165, 1.54) is 70.5 Å². The number of carbonyl (C=O) groups excluding carboxylic acids is 2. The normalized spacial score (nSPS) is 16.7. The summed E-state index contributed by atoms with van der Waals surface area (Å²) < 4.78 is 60.4. The van der Waals surface area contributed by atoms with Gasteiger partial charge in [-0.2, -0.15) is 0 Å².